The lowest BCUT2D eigenvalue weighted by Gasteiger charge is -2.28. The molecule has 2 aliphatic heterocycles. The van der Waals surface area contributed by atoms with Gasteiger partial charge in [-0.2, -0.15) is 9.97 Å². The first-order valence-corrected chi connectivity index (χ1v) is 15.5. The van der Waals surface area contributed by atoms with Gasteiger partial charge in [-0.15, -0.1) is 0 Å². The molecule has 10 rings (SSSR count). The molecule has 5 heteroatoms. The van der Waals surface area contributed by atoms with Crippen molar-refractivity contribution >= 4 is 43.6 Å². The molecule has 0 aliphatic carbocycles. The summed E-state index contributed by atoms with van der Waals surface area (Å²) in [4.78, 5) is 15.3. The molecular weight excluding hydrogens is 562 g/mol. The van der Waals surface area contributed by atoms with Crippen LogP contribution in [0.1, 0.15) is 0 Å². The molecule has 214 valence electrons. The SMILES string of the molecule is c1ccc(-c2nc(-c3ccccc3)nc(-n3c4ccc5cccc6c5c4-c4c5c(cccc53)ccc4n6-c3ccccc3)n2)cc1. The Morgan fingerprint density at radius 3 is 1.37 bits per heavy atom. The fraction of sp³-hybridized carbons (Fsp3) is 0. The van der Waals surface area contributed by atoms with Gasteiger partial charge >= 0.3 is 0 Å². The van der Waals surface area contributed by atoms with E-state index in [0.717, 1.165) is 33.4 Å². The van der Waals surface area contributed by atoms with E-state index in [9.17, 15) is 0 Å². The van der Waals surface area contributed by atoms with Crippen molar-refractivity contribution in [2.75, 3.05) is 0 Å². The number of hydrogen-bond acceptors (Lipinski definition) is 3. The van der Waals surface area contributed by atoms with Crippen LogP contribution in [0.25, 0.3) is 89.2 Å². The molecule has 0 N–H and O–H groups in total. The van der Waals surface area contributed by atoms with Crippen molar-refractivity contribution in [2.24, 2.45) is 0 Å². The summed E-state index contributed by atoms with van der Waals surface area (Å²) >= 11 is 0. The van der Waals surface area contributed by atoms with E-state index in [2.05, 4.69) is 124 Å². The smallest absolute Gasteiger partial charge is 0.238 e. The number of nitrogens with zero attached hydrogens (tertiary/aromatic N) is 5. The minimum Gasteiger partial charge on any atom is -0.309 e. The molecule has 0 fully saturated rings. The lowest BCUT2D eigenvalue weighted by atomic mass is 9.87. The van der Waals surface area contributed by atoms with Crippen LogP contribution in [0.5, 0.6) is 0 Å². The summed E-state index contributed by atoms with van der Waals surface area (Å²) in [7, 11) is 0. The number of hydrogen-bond donors (Lipinski definition) is 0. The van der Waals surface area contributed by atoms with Gasteiger partial charge in [0, 0.05) is 38.7 Å². The molecule has 0 spiro atoms. The second kappa shape index (κ2) is 9.58. The lowest BCUT2D eigenvalue weighted by Crippen LogP contribution is -2.12. The second-order valence-electron chi connectivity index (χ2n) is 11.7. The lowest BCUT2D eigenvalue weighted by molar-refractivity contribution is 0.948. The van der Waals surface area contributed by atoms with Crippen molar-refractivity contribution in [1.82, 2.24) is 24.1 Å². The van der Waals surface area contributed by atoms with Gasteiger partial charge in [-0.3, -0.25) is 4.57 Å². The van der Waals surface area contributed by atoms with Crippen molar-refractivity contribution < 1.29 is 0 Å². The van der Waals surface area contributed by atoms with Gasteiger partial charge in [0.15, 0.2) is 11.6 Å². The van der Waals surface area contributed by atoms with Crippen LogP contribution in [0.3, 0.4) is 0 Å². The number of aromatic nitrogens is 5. The Morgan fingerprint density at radius 1 is 0.348 bits per heavy atom. The van der Waals surface area contributed by atoms with E-state index in [4.69, 9.17) is 15.0 Å². The summed E-state index contributed by atoms with van der Waals surface area (Å²) in [6, 6.07) is 53.1. The van der Waals surface area contributed by atoms with Crippen LogP contribution in [-0.4, -0.2) is 24.1 Å². The largest absolute Gasteiger partial charge is 0.309 e. The van der Waals surface area contributed by atoms with Gasteiger partial charge in [0.05, 0.1) is 22.1 Å². The standard InChI is InChI=1S/C41H25N5/c1-4-12-28(13-5-1)39-42-40(29-14-6-2-7-15-29)44-41(43-39)46-32-21-11-17-27-22-24-33-37(36(27)32)38-34(46)25-23-26-16-10-20-31(35(26)38)45(33)30-18-8-3-9-19-30/h1-25H. The van der Waals surface area contributed by atoms with E-state index in [0.29, 0.717) is 17.6 Å². The van der Waals surface area contributed by atoms with Crippen molar-refractivity contribution in [3.63, 3.8) is 0 Å². The Hall–Kier alpha value is -6.33. The molecule has 0 unspecified atom stereocenters. The highest BCUT2D eigenvalue weighted by atomic mass is 15.2. The molecule has 1 aromatic heterocycles. The number of benzene rings is 7. The predicted octanol–water partition coefficient (Wildman–Crippen LogP) is 9.94. The predicted molar refractivity (Wildman–Crippen MR) is 187 cm³/mol. The van der Waals surface area contributed by atoms with Crippen molar-refractivity contribution in [2.45, 2.75) is 0 Å². The molecule has 0 radical (unpaired) electrons. The van der Waals surface area contributed by atoms with E-state index < -0.39 is 0 Å². The zero-order chi connectivity index (χ0) is 30.2. The van der Waals surface area contributed by atoms with Gasteiger partial charge in [0.2, 0.25) is 5.95 Å². The van der Waals surface area contributed by atoms with Crippen molar-refractivity contribution in [3.05, 3.63) is 152 Å². The highest BCUT2D eigenvalue weighted by Gasteiger charge is 2.27. The molecule has 46 heavy (non-hydrogen) atoms. The Kier molecular flexibility index (Phi) is 5.22. The molecule has 2 aliphatic rings. The topological polar surface area (TPSA) is 48.5 Å². The Morgan fingerprint density at radius 2 is 0.826 bits per heavy atom. The maximum atomic E-state index is 5.18. The highest BCUT2D eigenvalue weighted by Crippen LogP contribution is 2.49. The van der Waals surface area contributed by atoms with Gasteiger partial charge in [-0.05, 0) is 47.2 Å². The van der Waals surface area contributed by atoms with E-state index in [-0.39, 0.29) is 0 Å². The van der Waals surface area contributed by atoms with Crippen molar-refractivity contribution in [1.29, 1.82) is 0 Å². The van der Waals surface area contributed by atoms with Gasteiger partial charge in [-0.1, -0.05) is 115 Å². The highest BCUT2D eigenvalue weighted by molar-refractivity contribution is 6.26. The average molecular weight is 588 g/mol. The van der Waals surface area contributed by atoms with E-state index >= 15 is 0 Å². The summed E-state index contributed by atoms with van der Waals surface area (Å²) in [6.45, 7) is 0. The molecule has 0 bridgehead atoms. The molecule has 7 aromatic carbocycles. The average Bonchev–Trinajstić information content (AvgIpc) is 3.13. The Labute approximate surface area is 264 Å². The zero-order valence-corrected chi connectivity index (χ0v) is 24.7. The fourth-order valence-electron chi connectivity index (χ4n) is 7.18. The molecule has 0 saturated carbocycles. The van der Waals surface area contributed by atoms with Crippen LogP contribution in [0.4, 0.5) is 0 Å². The molecule has 3 heterocycles. The molecule has 5 nitrogen and oxygen atoms in total. The number of para-hydroxylation sites is 1. The summed E-state index contributed by atoms with van der Waals surface area (Å²) in [5.74, 6) is 1.87. The van der Waals surface area contributed by atoms with Crippen LogP contribution in [0.15, 0.2) is 152 Å². The fourth-order valence-corrected chi connectivity index (χ4v) is 7.18. The number of rotatable bonds is 4. The van der Waals surface area contributed by atoms with E-state index in [1.807, 2.05) is 36.4 Å². The van der Waals surface area contributed by atoms with Gasteiger partial charge in [-0.25, -0.2) is 4.98 Å². The molecule has 0 saturated heterocycles. The first-order chi connectivity index (χ1) is 22.8. The minimum absolute atomic E-state index is 0.592. The maximum absolute atomic E-state index is 5.18. The molecular formula is C41H25N5. The third-order valence-corrected chi connectivity index (χ3v) is 9.12. The van der Waals surface area contributed by atoms with Gasteiger partial charge in [0.25, 0.3) is 0 Å². The van der Waals surface area contributed by atoms with Crippen LogP contribution >= 0.6 is 0 Å². The summed E-state index contributed by atoms with van der Waals surface area (Å²) in [5.41, 5.74) is 9.93. The quantitative estimate of drug-likeness (QED) is 0.152. The third-order valence-electron chi connectivity index (χ3n) is 9.12. The third kappa shape index (κ3) is 3.54. The van der Waals surface area contributed by atoms with Crippen LogP contribution in [-0.2, 0) is 0 Å². The summed E-state index contributed by atoms with van der Waals surface area (Å²) in [5, 5.41) is 4.80. The first-order valence-electron chi connectivity index (χ1n) is 15.5. The molecule has 0 atom stereocenters. The first kappa shape index (κ1) is 25.0. The number of pyridine rings is 2. The zero-order valence-electron chi connectivity index (χ0n) is 24.7. The minimum atomic E-state index is 0.592. The summed E-state index contributed by atoms with van der Waals surface area (Å²) < 4.78 is 4.65. The molecule has 0 amide bonds. The van der Waals surface area contributed by atoms with E-state index in [1.165, 1.54) is 38.2 Å². The second-order valence-corrected chi connectivity index (χ2v) is 11.7. The normalized spacial score (nSPS) is 11.9. The Bertz CT molecular complexity index is 2610. The summed E-state index contributed by atoms with van der Waals surface area (Å²) in [6.07, 6.45) is 0. The monoisotopic (exact) mass is 587 g/mol. The Balaban J connectivity index is 1.41. The van der Waals surface area contributed by atoms with E-state index in [1.54, 1.807) is 0 Å². The van der Waals surface area contributed by atoms with Crippen molar-refractivity contribution in [3.8, 4) is 45.5 Å². The van der Waals surface area contributed by atoms with Gasteiger partial charge in [0.1, 0.15) is 0 Å². The van der Waals surface area contributed by atoms with Crippen LogP contribution < -0.4 is 0 Å². The maximum Gasteiger partial charge on any atom is 0.238 e. The van der Waals surface area contributed by atoms with Gasteiger partial charge < -0.3 is 4.57 Å². The van der Waals surface area contributed by atoms with Crippen LogP contribution in [0, 0.1) is 0 Å². The molecule has 8 aromatic rings. The van der Waals surface area contributed by atoms with Crippen LogP contribution in [0.2, 0.25) is 0 Å².